The van der Waals surface area contributed by atoms with Crippen LogP contribution in [0, 0.1) is 0 Å². The first-order chi connectivity index (χ1) is 17.2. The molecule has 2 aliphatic heterocycles. The number of pyridine rings is 1. The summed E-state index contributed by atoms with van der Waals surface area (Å²) in [6.07, 6.45) is -0.440. The van der Waals surface area contributed by atoms with E-state index in [2.05, 4.69) is 9.88 Å². The van der Waals surface area contributed by atoms with E-state index >= 15 is 0 Å². The van der Waals surface area contributed by atoms with E-state index in [-0.39, 0.29) is 18.0 Å². The van der Waals surface area contributed by atoms with E-state index in [0.717, 1.165) is 29.4 Å². The summed E-state index contributed by atoms with van der Waals surface area (Å²) in [6.45, 7) is 6.80. The van der Waals surface area contributed by atoms with Crippen molar-refractivity contribution in [1.82, 2.24) is 24.6 Å². The summed E-state index contributed by atoms with van der Waals surface area (Å²) >= 11 is 0. The van der Waals surface area contributed by atoms with Crippen LogP contribution in [-0.4, -0.2) is 68.7 Å². The minimum absolute atomic E-state index is 0.0566. The maximum absolute atomic E-state index is 13.3. The number of aromatic nitrogens is 3. The zero-order chi connectivity index (χ0) is 25.4. The van der Waals surface area contributed by atoms with Crippen molar-refractivity contribution in [2.75, 3.05) is 31.1 Å². The molecule has 0 bridgehead atoms. The number of rotatable bonds is 4. The van der Waals surface area contributed by atoms with Gasteiger partial charge in [0, 0.05) is 56.4 Å². The Balaban J connectivity index is 1.21. The number of fused-ring (bicyclic) bond motifs is 1. The number of halogens is 3. The van der Waals surface area contributed by atoms with Gasteiger partial charge in [0.2, 0.25) is 5.91 Å². The molecule has 1 amide bonds. The lowest BCUT2D eigenvalue weighted by Gasteiger charge is -2.45. The van der Waals surface area contributed by atoms with Gasteiger partial charge in [-0.1, -0.05) is 18.2 Å². The van der Waals surface area contributed by atoms with Crippen LogP contribution in [0.15, 0.2) is 54.9 Å². The first kappa shape index (κ1) is 24.3. The zero-order valence-electron chi connectivity index (χ0n) is 20.3. The van der Waals surface area contributed by atoms with Gasteiger partial charge in [0.1, 0.15) is 5.69 Å². The van der Waals surface area contributed by atoms with Gasteiger partial charge in [-0.15, -0.1) is 0 Å². The molecule has 1 saturated heterocycles. The van der Waals surface area contributed by atoms with Crippen LogP contribution in [0.4, 0.5) is 18.9 Å². The molecular formula is C26H29F3N6O. The molecule has 0 spiro atoms. The van der Waals surface area contributed by atoms with Crippen LogP contribution in [0.5, 0.6) is 0 Å². The number of hydrogen-bond donors (Lipinski definition) is 0. The number of nitrogens with zero attached hydrogens (tertiary/aromatic N) is 6. The summed E-state index contributed by atoms with van der Waals surface area (Å²) in [7, 11) is 0. The fraction of sp³-hybridized carbons (Fsp3) is 0.423. The zero-order valence-corrected chi connectivity index (χ0v) is 20.3. The molecule has 0 saturated carbocycles. The average Bonchev–Trinajstić information content (AvgIpc) is 3.30. The molecule has 3 aromatic rings. The number of hydrogen-bond acceptors (Lipinski definition) is 5. The van der Waals surface area contributed by atoms with Crippen LogP contribution < -0.4 is 4.90 Å². The van der Waals surface area contributed by atoms with E-state index in [4.69, 9.17) is 5.10 Å². The van der Waals surface area contributed by atoms with Gasteiger partial charge in [0.25, 0.3) is 0 Å². The van der Waals surface area contributed by atoms with Crippen LogP contribution in [0.1, 0.15) is 30.8 Å². The SMILES string of the molecule is C[C@@H]1CN(c2ccc(C(F)(F)F)nc2)C[C@H](C)N1CC(=O)N1CCc2nn(-c3ccccc3)cc2C1. The van der Waals surface area contributed by atoms with E-state index in [9.17, 15) is 18.0 Å². The molecule has 0 N–H and O–H groups in total. The molecule has 1 fully saturated rings. The normalized spacial score (nSPS) is 20.9. The fourth-order valence-electron chi connectivity index (χ4n) is 5.12. The van der Waals surface area contributed by atoms with Gasteiger partial charge in [-0.3, -0.25) is 9.69 Å². The number of carbonyl (C=O) groups excluding carboxylic acids is 1. The lowest BCUT2D eigenvalue weighted by Crippen LogP contribution is -2.59. The van der Waals surface area contributed by atoms with E-state index in [1.165, 1.54) is 12.3 Å². The molecule has 1 aromatic carbocycles. The Morgan fingerprint density at radius 3 is 2.39 bits per heavy atom. The standard InChI is InChI=1S/C26H29F3N6O/c1-18-13-33(22-8-9-24(30-12-22)26(27,28)29)14-19(2)34(18)17-25(36)32-11-10-23-20(15-32)16-35(31-23)21-6-4-3-5-7-21/h3-9,12,16,18-19H,10-11,13-15,17H2,1-2H3/t18-,19+. The Morgan fingerprint density at radius 2 is 1.75 bits per heavy atom. The summed E-state index contributed by atoms with van der Waals surface area (Å²) in [5.41, 5.74) is 2.86. The van der Waals surface area contributed by atoms with Gasteiger partial charge in [0.05, 0.1) is 29.8 Å². The Bertz CT molecular complexity index is 1200. The predicted molar refractivity (Wildman–Crippen MR) is 130 cm³/mol. The summed E-state index contributed by atoms with van der Waals surface area (Å²) in [5.74, 6) is 0.0801. The molecule has 4 heterocycles. The van der Waals surface area contributed by atoms with Crippen molar-refractivity contribution in [3.63, 3.8) is 0 Å². The van der Waals surface area contributed by atoms with Crippen molar-refractivity contribution >= 4 is 11.6 Å². The molecule has 2 aliphatic rings. The second kappa shape index (κ2) is 9.57. The number of piperazine rings is 1. The highest BCUT2D eigenvalue weighted by Gasteiger charge is 2.35. The molecule has 10 heteroatoms. The highest BCUT2D eigenvalue weighted by Crippen LogP contribution is 2.29. The van der Waals surface area contributed by atoms with Crippen molar-refractivity contribution in [1.29, 1.82) is 0 Å². The van der Waals surface area contributed by atoms with Gasteiger partial charge >= 0.3 is 6.18 Å². The molecule has 0 radical (unpaired) electrons. The van der Waals surface area contributed by atoms with E-state index in [1.807, 2.05) is 64.9 Å². The molecule has 7 nitrogen and oxygen atoms in total. The molecule has 0 unspecified atom stereocenters. The molecular weight excluding hydrogens is 469 g/mol. The second-order valence-corrected chi connectivity index (χ2v) is 9.62. The third-order valence-corrected chi connectivity index (χ3v) is 7.05. The molecule has 5 rings (SSSR count). The quantitative estimate of drug-likeness (QED) is 0.548. The van der Waals surface area contributed by atoms with E-state index < -0.39 is 11.9 Å². The van der Waals surface area contributed by atoms with E-state index in [1.54, 1.807) is 0 Å². The first-order valence-electron chi connectivity index (χ1n) is 12.1. The van der Waals surface area contributed by atoms with E-state index in [0.29, 0.717) is 38.4 Å². The monoisotopic (exact) mass is 498 g/mol. The number of alkyl halides is 3. The third-order valence-electron chi connectivity index (χ3n) is 7.05. The Kier molecular flexibility index (Phi) is 6.46. The summed E-state index contributed by atoms with van der Waals surface area (Å²) in [6, 6.07) is 12.5. The number of carbonyl (C=O) groups is 1. The maximum Gasteiger partial charge on any atom is 0.433 e. The van der Waals surface area contributed by atoms with Crippen LogP contribution in [0.3, 0.4) is 0 Å². The summed E-state index contributed by atoms with van der Waals surface area (Å²) < 4.78 is 40.4. The Hall–Kier alpha value is -3.40. The van der Waals surface area contributed by atoms with Gasteiger partial charge < -0.3 is 9.80 Å². The predicted octanol–water partition coefficient (Wildman–Crippen LogP) is 3.77. The summed E-state index contributed by atoms with van der Waals surface area (Å²) in [5, 5.41) is 4.71. The highest BCUT2D eigenvalue weighted by molar-refractivity contribution is 5.78. The van der Waals surface area contributed by atoms with Crippen molar-refractivity contribution in [3.8, 4) is 5.69 Å². The molecule has 36 heavy (non-hydrogen) atoms. The van der Waals surface area contributed by atoms with Gasteiger partial charge in [-0.25, -0.2) is 9.67 Å². The highest BCUT2D eigenvalue weighted by atomic mass is 19.4. The maximum atomic E-state index is 13.3. The second-order valence-electron chi connectivity index (χ2n) is 9.62. The Labute approximate surface area is 208 Å². The molecule has 190 valence electrons. The van der Waals surface area contributed by atoms with Crippen molar-refractivity contribution in [2.45, 2.75) is 45.1 Å². The van der Waals surface area contributed by atoms with Crippen molar-refractivity contribution in [3.05, 3.63) is 71.8 Å². The number of amides is 1. The smallest absolute Gasteiger partial charge is 0.367 e. The lowest BCUT2D eigenvalue weighted by molar-refractivity contribution is -0.141. The number of anilines is 1. The van der Waals surface area contributed by atoms with Gasteiger partial charge in [0.15, 0.2) is 0 Å². The molecule has 2 aromatic heterocycles. The minimum atomic E-state index is -4.45. The first-order valence-corrected chi connectivity index (χ1v) is 12.1. The Morgan fingerprint density at radius 1 is 1.03 bits per heavy atom. The third kappa shape index (κ3) is 4.95. The van der Waals surface area contributed by atoms with Crippen LogP contribution >= 0.6 is 0 Å². The average molecular weight is 499 g/mol. The lowest BCUT2D eigenvalue weighted by atomic mass is 10.1. The molecule has 2 atom stereocenters. The topological polar surface area (TPSA) is 57.5 Å². The fourth-order valence-corrected chi connectivity index (χ4v) is 5.12. The van der Waals surface area contributed by atoms with Crippen LogP contribution in [0.2, 0.25) is 0 Å². The van der Waals surface area contributed by atoms with Crippen LogP contribution in [-0.2, 0) is 23.9 Å². The summed E-state index contributed by atoms with van der Waals surface area (Å²) in [4.78, 5) is 23.0. The minimum Gasteiger partial charge on any atom is -0.367 e. The molecule has 0 aliphatic carbocycles. The number of benzene rings is 1. The van der Waals surface area contributed by atoms with Crippen molar-refractivity contribution < 1.29 is 18.0 Å². The van der Waals surface area contributed by atoms with Crippen molar-refractivity contribution in [2.24, 2.45) is 0 Å². The largest absolute Gasteiger partial charge is 0.433 e. The van der Waals surface area contributed by atoms with Gasteiger partial charge in [-0.2, -0.15) is 18.3 Å². The van der Waals surface area contributed by atoms with Gasteiger partial charge in [-0.05, 0) is 38.1 Å². The number of para-hydroxylation sites is 1. The van der Waals surface area contributed by atoms with Crippen LogP contribution in [0.25, 0.3) is 5.69 Å².